The van der Waals surface area contributed by atoms with Gasteiger partial charge in [-0.1, -0.05) is 111 Å². The maximum atomic E-state index is 14.9. The minimum atomic E-state index is -3.73. The number of Topliss-reactive ketones (excluding diaryl/α,β-unsaturated/α-hetero) is 1. The van der Waals surface area contributed by atoms with Crippen LogP contribution in [0.1, 0.15) is 79.2 Å². The highest BCUT2D eigenvalue weighted by atomic mass is 31.2. The van der Waals surface area contributed by atoms with E-state index in [-0.39, 0.29) is 11.5 Å². The topological polar surface area (TPSA) is 93.1 Å². The summed E-state index contributed by atoms with van der Waals surface area (Å²) < 4.78 is 14.9. The average molecular weight is 699 g/mol. The third-order valence-corrected chi connectivity index (χ3v) is 11.6. The number of ketones is 1. The van der Waals surface area contributed by atoms with Crippen molar-refractivity contribution < 1.29 is 23.8 Å². The number of rotatable bonds is 16. The van der Waals surface area contributed by atoms with Crippen molar-refractivity contribution >= 4 is 57.8 Å². The molecule has 1 atom stereocenters. The number of hydrogen-bond donors (Lipinski definition) is 0. The summed E-state index contributed by atoms with van der Waals surface area (Å²) in [5.41, 5.74) is 4.26. The Morgan fingerprint density at radius 3 is 1.71 bits per heavy atom. The molecule has 5 aromatic carbocycles. The molecule has 7 nitrogen and oxygen atoms in total. The lowest BCUT2D eigenvalue weighted by Crippen LogP contribution is -2.23. The van der Waals surface area contributed by atoms with Gasteiger partial charge in [-0.3, -0.25) is 9.59 Å². The Morgan fingerprint density at radius 1 is 0.627 bits per heavy atom. The maximum absolute atomic E-state index is 14.9. The molecule has 0 aromatic heterocycles. The van der Waals surface area contributed by atoms with E-state index in [1.807, 2.05) is 53.4 Å². The Morgan fingerprint density at radius 2 is 1.16 bits per heavy atom. The van der Waals surface area contributed by atoms with E-state index in [1.165, 1.54) is 12.5 Å². The van der Waals surface area contributed by atoms with Crippen molar-refractivity contribution in [1.82, 2.24) is 0 Å². The molecule has 0 N–H and O–H groups in total. The lowest BCUT2D eigenvalue weighted by molar-refractivity contribution is -0.140. The van der Waals surface area contributed by atoms with Crippen LogP contribution in [0.3, 0.4) is 0 Å². The number of nitrogens with zero attached hydrogens (tertiary/aromatic N) is 2. The molecule has 5 aromatic rings. The third-order valence-electron chi connectivity index (χ3n) is 8.70. The van der Waals surface area contributed by atoms with Gasteiger partial charge in [0.15, 0.2) is 0 Å². The molecule has 0 heterocycles. The van der Waals surface area contributed by atoms with Crippen molar-refractivity contribution in [2.24, 2.45) is 5.16 Å². The summed E-state index contributed by atoms with van der Waals surface area (Å²) in [6.45, 7) is 5.48. The molecular weight excluding hydrogens is 655 g/mol. The van der Waals surface area contributed by atoms with Gasteiger partial charge in [0.2, 0.25) is 18.4 Å². The first-order valence-electron chi connectivity index (χ1n) is 17.4. The number of unbranched alkanes of at least 4 members (excludes halogenated alkanes) is 3. The monoisotopic (exact) mass is 698 g/mol. The largest absolute Gasteiger partial charge is 0.331 e. The van der Waals surface area contributed by atoms with Crippen LogP contribution in [0.25, 0.3) is 0 Å². The van der Waals surface area contributed by atoms with E-state index >= 15 is 0 Å². The average Bonchev–Trinajstić information content (AvgIpc) is 3.18. The van der Waals surface area contributed by atoms with Crippen molar-refractivity contribution in [2.45, 2.75) is 59.3 Å². The Kier molecular flexibility index (Phi) is 12.7. The zero-order chi connectivity index (χ0) is 36.2. The van der Waals surface area contributed by atoms with Gasteiger partial charge in [-0.2, -0.15) is 0 Å². The molecule has 0 bridgehead atoms. The molecule has 0 radical (unpaired) electrons. The Hall–Kier alpha value is -5.39. The first kappa shape index (κ1) is 36.9. The maximum Gasteiger partial charge on any atom is 0.331 e. The van der Waals surface area contributed by atoms with E-state index in [1.54, 1.807) is 72.8 Å². The van der Waals surface area contributed by atoms with Crippen molar-refractivity contribution in [2.75, 3.05) is 4.90 Å². The molecule has 260 valence electrons. The molecule has 0 fully saturated rings. The van der Waals surface area contributed by atoms with Crippen molar-refractivity contribution in [3.8, 4) is 0 Å². The highest BCUT2D eigenvalue weighted by molar-refractivity contribution is 7.93. The van der Waals surface area contributed by atoms with Gasteiger partial charge in [-0.25, -0.2) is 4.79 Å². The van der Waals surface area contributed by atoms with Gasteiger partial charge in [-0.15, -0.1) is 0 Å². The van der Waals surface area contributed by atoms with Crippen LogP contribution in [0, 0.1) is 0 Å². The van der Waals surface area contributed by atoms with Gasteiger partial charge in [0.05, 0.1) is 0 Å². The Bertz CT molecular complexity index is 2010. The molecule has 0 spiro atoms. The van der Waals surface area contributed by atoms with E-state index in [0.717, 1.165) is 49.2 Å². The van der Waals surface area contributed by atoms with Crippen LogP contribution in [0.5, 0.6) is 0 Å². The van der Waals surface area contributed by atoms with Crippen LogP contribution in [-0.4, -0.2) is 23.0 Å². The molecular formula is C43H43N2O5P. The molecule has 1 unspecified atom stereocenters. The highest BCUT2D eigenvalue weighted by Gasteiger charge is 2.36. The summed E-state index contributed by atoms with van der Waals surface area (Å²) in [5.74, 6) is -0.869. The lowest BCUT2D eigenvalue weighted by atomic mass is 10.0. The van der Waals surface area contributed by atoms with Gasteiger partial charge >= 0.3 is 5.97 Å². The van der Waals surface area contributed by atoms with E-state index in [0.29, 0.717) is 28.2 Å². The zero-order valence-corrected chi connectivity index (χ0v) is 30.2. The van der Waals surface area contributed by atoms with E-state index in [4.69, 9.17) is 4.84 Å². The number of anilines is 3. The molecule has 0 saturated carbocycles. The number of benzene rings is 5. The molecule has 5 rings (SSSR count). The number of hydrogen-bond acceptors (Lipinski definition) is 7. The molecule has 0 aliphatic heterocycles. The van der Waals surface area contributed by atoms with Crippen LogP contribution < -0.4 is 15.5 Å². The van der Waals surface area contributed by atoms with E-state index < -0.39 is 18.6 Å². The number of carbonyl (C=O) groups excluding carboxylic acids is 3. The van der Waals surface area contributed by atoms with Crippen LogP contribution in [0.15, 0.2) is 139 Å². The molecule has 0 aliphatic carbocycles. The fourth-order valence-electron chi connectivity index (χ4n) is 5.89. The van der Waals surface area contributed by atoms with Gasteiger partial charge in [0.1, 0.15) is 5.71 Å². The second kappa shape index (κ2) is 17.5. The SMILES string of the molecule is CCCCCC/C(=N\OC(C)=O)C(=O)c1ccc(N(c2ccc(CC)cc2)c2ccc(P(=O)(C(=O)c3ccccc3)c3ccccc3)cc2)cc1. The van der Waals surface area contributed by atoms with Crippen LogP contribution >= 0.6 is 7.14 Å². The van der Waals surface area contributed by atoms with Gasteiger partial charge in [0, 0.05) is 45.7 Å². The summed E-state index contributed by atoms with van der Waals surface area (Å²) in [6.07, 6.45) is 5.13. The lowest BCUT2D eigenvalue weighted by Gasteiger charge is -2.26. The minimum absolute atomic E-state index is 0.213. The molecule has 0 saturated heterocycles. The van der Waals surface area contributed by atoms with Crippen molar-refractivity contribution in [3.63, 3.8) is 0 Å². The number of oxime groups is 1. The minimum Gasteiger partial charge on any atom is -0.318 e. The first-order chi connectivity index (χ1) is 24.8. The fraction of sp³-hybridized carbons (Fsp3) is 0.209. The standard InChI is InChI=1S/C43H43N2O5P/c1-4-6-7-14-19-41(44-50-32(3)46)42(47)34-22-26-37(27-23-34)45(36-24-20-33(5-2)21-25-36)38-28-30-40(31-29-38)51(49,39-17-12-9-13-18-39)43(48)35-15-10-8-11-16-35/h8-13,15-18,20-31H,4-7,14,19H2,1-3H3/b44-41+. The zero-order valence-electron chi connectivity index (χ0n) is 29.3. The Balaban J connectivity index is 1.52. The quantitative estimate of drug-likeness (QED) is 0.0254. The Labute approximate surface area is 300 Å². The normalized spacial score (nSPS) is 12.5. The fourth-order valence-corrected chi connectivity index (χ4v) is 8.33. The summed E-state index contributed by atoms with van der Waals surface area (Å²) >= 11 is 0. The molecule has 51 heavy (non-hydrogen) atoms. The predicted molar refractivity (Wildman–Crippen MR) is 207 cm³/mol. The number of aryl methyl sites for hydroxylation is 1. The first-order valence-corrected chi connectivity index (χ1v) is 19.1. The van der Waals surface area contributed by atoms with Crippen molar-refractivity contribution in [1.29, 1.82) is 0 Å². The highest BCUT2D eigenvalue weighted by Crippen LogP contribution is 2.47. The van der Waals surface area contributed by atoms with E-state index in [9.17, 15) is 18.9 Å². The van der Waals surface area contributed by atoms with Gasteiger partial charge in [0.25, 0.3) is 0 Å². The van der Waals surface area contributed by atoms with Crippen LogP contribution in [-0.2, 0) is 20.6 Å². The summed E-state index contributed by atoms with van der Waals surface area (Å²) in [5, 5.41) is 4.82. The smallest absolute Gasteiger partial charge is 0.318 e. The van der Waals surface area contributed by atoms with Gasteiger partial charge in [-0.05, 0) is 85.5 Å². The predicted octanol–water partition coefficient (Wildman–Crippen LogP) is 9.95. The van der Waals surface area contributed by atoms with Gasteiger partial charge < -0.3 is 14.3 Å². The second-order valence-electron chi connectivity index (χ2n) is 12.3. The van der Waals surface area contributed by atoms with E-state index in [2.05, 4.69) is 31.1 Å². The molecule has 0 amide bonds. The second-order valence-corrected chi connectivity index (χ2v) is 15.0. The summed E-state index contributed by atoms with van der Waals surface area (Å²) in [4.78, 5) is 45.9. The summed E-state index contributed by atoms with van der Waals surface area (Å²) in [6, 6.07) is 40.4. The third kappa shape index (κ3) is 8.86. The summed E-state index contributed by atoms with van der Waals surface area (Å²) in [7, 11) is -3.73. The van der Waals surface area contributed by atoms with Crippen LogP contribution in [0.4, 0.5) is 17.1 Å². The van der Waals surface area contributed by atoms with Crippen molar-refractivity contribution in [3.05, 3.63) is 150 Å². The molecule has 0 aliphatic rings. The number of carbonyl (C=O) groups is 3. The molecule has 8 heteroatoms. The van der Waals surface area contributed by atoms with Crippen LogP contribution in [0.2, 0.25) is 0 Å².